The molecule has 0 heterocycles. The van der Waals surface area contributed by atoms with Crippen LogP contribution in [0, 0.1) is 0 Å². The molecule has 3 aromatic rings. The van der Waals surface area contributed by atoms with E-state index in [4.69, 9.17) is 5.73 Å². The summed E-state index contributed by atoms with van der Waals surface area (Å²) in [4.78, 5) is 0. The first-order chi connectivity index (χ1) is 10.7. The zero-order valence-corrected chi connectivity index (χ0v) is 13.6. The number of nitrogen functional groups attached to an aromatic ring is 1. The topological polar surface area (TPSA) is 26.0 Å². The van der Waals surface area contributed by atoms with Crippen molar-refractivity contribution in [2.45, 2.75) is 0 Å². The maximum Gasteiger partial charge on any atom is 0.0405 e. The highest BCUT2D eigenvalue weighted by molar-refractivity contribution is 9.10. The Bertz CT molecular complexity index is 792. The van der Waals surface area contributed by atoms with E-state index in [2.05, 4.69) is 52.3 Å². The Balaban J connectivity index is 2.17. The number of hydrogen-bond acceptors (Lipinski definition) is 1. The van der Waals surface area contributed by atoms with Crippen LogP contribution in [0.1, 0.15) is 16.7 Å². The van der Waals surface area contributed by atoms with Crippen LogP contribution in [0.25, 0.3) is 11.6 Å². The third kappa shape index (κ3) is 3.29. The number of anilines is 1. The summed E-state index contributed by atoms with van der Waals surface area (Å²) in [5.74, 6) is 0. The van der Waals surface area contributed by atoms with Gasteiger partial charge in [0.05, 0.1) is 0 Å². The lowest BCUT2D eigenvalue weighted by Gasteiger charge is -2.12. The Labute approximate surface area is 139 Å². The normalized spacial score (nSPS) is 11.4. The van der Waals surface area contributed by atoms with Gasteiger partial charge in [0, 0.05) is 15.7 Å². The van der Waals surface area contributed by atoms with Crippen LogP contribution in [-0.2, 0) is 0 Å². The zero-order chi connectivity index (χ0) is 15.4. The molecule has 0 aliphatic heterocycles. The minimum Gasteiger partial charge on any atom is -0.398 e. The molecule has 0 spiro atoms. The second-order valence-corrected chi connectivity index (χ2v) is 5.98. The lowest BCUT2D eigenvalue weighted by molar-refractivity contribution is 1.53. The summed E-state index contributed by atoms with van der Waals surface area (Å²) in [5, 5.41) is 0. The summed E-state index contributed by atoms with van der Waals surface area (Å²) < 4.78 is 0.987. The molecule has 2 N–H and O–H groups in total. The Morgan fingerprint density at radius 2 is 1.45 bits per heavy atom. The van der Waals surface area contributed by atoms with E-state index in [1.807, 2.05) is 48.5 Å². The van der Waals surface area contributed by atoms with Gasteiger partial charge in [-0.2, -0.15) is 0 Å². The van der Waals surface area contributed by atoms with Crippen LogP contribution in [0.2, 0.25) is 0 Å². The number of halogens is 1. The van der Waals surface area contributed by atoms with E-state index in [-0.39, 0.29) is 0 Å². The molecule has 0 atom stereocenters. The molecule has 0 aliphatic rings. The fourth-order valence-electron chi connectivity index (χ4n) is 2.43. The average Bonchev–Trinajstić information content (AvgIpc) is 2.55. The smallest absolute Gasteiger partial charge is 0.0405 e. The Hall–Kier alpha value is -2.32. The zero-order valence-electron chi connectivity index (χ0n) is 12.0. The summed E-state index contributed by atoms with van der Waals surface area (Å²) in [6.07, 6.45) is 2.18. The molecule has 0 bridgehead atoms. The van der Waals surface area contributed by atoms with Crippen LogP contribution in [0.3, 0.4) is 0 Å². The molecule has 1 nitrogen and oxygen atoms in total. The number of hydrogen-bond donors (Lipinski definition) is 1. The van der Waals surface area contributed by atoms with Gasteiger partial charge in [0.25, 0.3) is 0 Å². The lowest BCUT2D eigenvalue weighted by atomic mass is 9.94. The molecule has 3 rings (SSSR count). The average molecular weight is 350 g/mol. The van der Waals surface area contributed by atoms with Crippen LogP contribution in [0.4, 0.5) is 5.69 Å². The van der Waals surface area contributed by atoms with Crippen molar-refractivity contribution in [3.05, 3.63) is 100 Å². The maximum atomic E-state index is 6.24. The van der Waals surface area contributed by atoms with Gasteiger partial charge in [-0.05, 0) is 34.9 Å². The van der Waals surface area contributed by atoms with Crippen molar-refractivity contribution >= 4 is 33.3 Å². The molecule has 0 unspecified atom stereocenters. The first kappa shape index (κ1) is 14.6. The Kier molecular flexibility index (Phi) is 4.40. The standard InChI is InChI=1S/C20H16BrN/c21-17-11-12-18(20(22)14-17)19(16-9-5-2-6-10-16)13-15-7-3-1-4-8-15/h1-14H,22H2/b19-13+. The maximum absolute atomic E-state index is 6.24. The van der Waals surface area contributed by atoms with E-state index < -0.39 is 0 Å². The monoisotopic (exact) mass is 349 g/mol. The van der Waals surface area contributed by atoms with E-state index in [0.29, 0.717) is 0 Å². The van der Waals surface area contributed by atoms with E-state index in [1.54, 1.807) is 0 Å². The molecule has 0 radical (unpaired) electrons. The summed E-state index contributed by atoms with van der Waals surface area (Å²) >= 11 is 3.47. The molecule has 0 fully saturated rings. The van der Waals surface area contributed by atoms with Crippen molar-refractivity contribution in [1.82, 2.24) is 0 Å². The van der Waals surface area contributed by atoms with Gasteiger partial charge in [-0.25, -0.2) is 0 Å². The van der Waals surface area contributed by atoms with Crippen molar-refractivity contribution in [2.24, 2.45) is 0 Å². The van der Waals surface area contributed by atoms with E-state index in [1.165, 1.54) is 0 Å². The molecule has 22 heavy (non-hydrogen) atoms. The van der Waals surface area contributed by atoms with Gasteiger partial charge in [-0.15, -0.1) is 0 Å². The third-order valence-corrected chi connectivity index (χ3v) is 3.99. The highest BCUT2D eigenvalue weighted by Gasteiger charge is 2.09. The Morgan fingerprint density at radius 3 is 2.09 bits per heavy atom. The summed E-state index contributed by atoms with van der Waals surface area (Å²) in [6, 6.07) is 26.6. The number of rotatable bonds is 3. The molecule has 0 amide bonds. The molecular formula is C20H16BrN. The Morgan fingerprint density at radius 1 is 0.818 bits per heavy atom. The SMILES string of the molecule is Nc1cc(Br)ccc1/C(=C/c1ccccc1)c1ccccc1. The van der Waals surface area contributed by atoms with Gasteiger partial charge < -0.3 is 5.73 Å². The molecule has 0 aliphatic carbocycles. The fourth-order valence-corrected chi connectivity index (χ4v) is 2.81. The first-order valence-electron chi connectivity index (χ1n) is 7.11. The molecular weight excluding hydrogens is 334 g/mol. The number of benzene rings is 3. The van der Waals surface area contributed by atoms with Crippen LogP contribution in [0.5, 0.6) is 0 Å². The van der Waals surface area contributed by atoms with Gasteiger partial charge in [-0.1, -0.05) is 82.7 Å². The third-order valence-electron chi connectivity index (χ3n) is 3.50. The minimum atomic E-state index is 0.764. The van der Waals surface area contributed by atoms with E-state index >= 15 is 0 Å². The predicted molar refractivity (Wildman–Crippen MR) is 98.4 cm³/mol. The molecule has 2 heteroatoms. The predicted octanol–water partition coefficient (Wildman–Crippen LogP) is 5.62. The van der Waals surface area contributed by atoms with Gasteiger partial charge >= 0.3 is 0 Å². The van der Waals surface area contributed by atoms with Crippen molar-refractivity contribution in [2.75, 3.05) is 5.73 Å². The van der Waals surface area contributed by atoms with Crippen molar-refractivity contribution in [3.63, 3.8) is 0 Å². The summed E-state index contributed by atoms with van der Waals surface area (Å²) in [5.41, 5.74) is 11.5. The lowest BCUT2D eigenvalue weighted by Crippen LogP contribution is -1.95. The van der Waals surface area contributed by atoms with Crippen molar-refractivity contribution in [1.29, 1.82) is 0 Å². The highest BCUT2D eigenvalue weighted by atomic mass is 79.9. The fraction of sp³-hybridized carbons (Fsp3) is 0. The summed E-state index contributed by atoms with van der Waals surface area (Å²) in [6.45, 7) is 0. The van der Waals surface area contributed by atoms with Crippen LogP contribution in [0.15, 0.2) is 83.3 Å². The second kappa shape index (κ2) is 6.63. The first-order valence-corrected chi connectivity index (χ1v) is 7.91. The van der Waals surface area contributed by atoms with Gasteiger partial charge in [-0.3, -0.25) is 0 Å². The van der Waals surface area contributed by atoms with Crippen LogP contribution >= 0.6 is 15.9 Å². The van der Waals surface area contributed by atoms with Gasteiger partial charge in [0.2, 0.25) is 0 Å². The van der Waals surface area contributed by atoms with Crippen molar-refractivity contribution < 1.29 is 0 Å². The summed E-state index contributed by atoms with van der Waals surface area (Å²) in [7, 11) is 0. The molecule has 0 saturated carbocycles. The highest BCUT2D eigenvalue weighted by Crippen LogP contribution is 2.31. The molecule has 0 saturated heterocycles. The minimum absolute atomic E-state index is 0.764. The van der Waals surface area contributed by atoms with Crippen LogP contribution in [-0.4, -0.2) is 0 Å². The molecule has 108 valence electrons. The molecule has 0 aromatic heterocycles. The van der Waals surface area contributed by atoms with Gasteiger partial charge in [0.1, 0.15) is 0 Å². The van der Waals surface area contributed by atoms with E-state index in [9.17, 15) is 0 Å². The number of nitrogens with two attached hydrogens (primary N) is 1. The van der Waals surface area contributed by atoms with Crippen molar-refractivity contribution in [3.8, 4) is 0 Å². The van der Waals surface area contributed by atoms with Crippen LogP contribution < -0.4 is 5.73 Å². The van der Waals surface area contributed by atoms with Gasteiger partial charge in [0.15, 0.2) is 0 Å². The second-order valence-electron chi connectivity index (χ2n) is 5.07. The molecule has 3 aromatic carbocycles. The quantitative estimate of drug-likeness (QED) is 0.481. The van der Waals surface area contributed by atoms with E-state index in [0.717, 1.165) is 32.4 Å². The largest absolute Gasteiger partial charge is 0.398 e.